The van der Waals surface area contributed by atoms with E-state index in [0.717, 1.165) is 11.1 Å². The van der Waals surface area contributed by atoms with Gasteiger partial charge in [-0.25, -0.2) is 14.7 Å². The molecule has 0 radical (unpaired) electrons. The van der Waals surface area contributed by atoms with Crippen LogP contribution in [0.25, 0.3) is 6.08 Å². The Morgan fingerprint density at radius 1 is 1.12 bits per heavy atom. The first-order chi connectivity index (χ1) is 15.9. The van der Waals surface area contributed by atoms with E-state index >= 15 is 0 Å². The number of benzene rings is 2. The number of halogens is 1. The normalized spacial score (nSPS) is 14.4. The van der Waals surface area contributed by atoms with Gasteiger partial charge in [0.15, 0.2) is 11.5 Å². The van der Waals surface area contributed by atoms with Crippen molar-refractivity contribution < 1.29 is 24.0 Å². The molecular weight excluding hydrogens is 452 g/mol. The van der Waals surface area contributed by atoms with Crippen LogP contribution in [0.3, 0.4) is 0 Å². The fraction of sp³-hybridized carbons (Fsp3) is 0.0455. The number of pyridine rings is 1. The number of anilines is 1. The van der Waals surface area contributed by atoms with Crippen LogP contribution < -0.4 is 19.7 Å². The Morgan fingerprint density at radius 3 is 2.61 bits per heavy atom. The molecular formula is C22H15ClN4O6. The SMILES string of the molecule is COc1cc(C=C2NC(=O)N(c3cccc(Cl)c3)C2=O)ccc1Oc1ccc([N+](=O)[O-])cn1. The fourth-order valence-corrected chi connectivity index (χ4v) is 3.25. The zero-order valence-corrected chi connectivity index (χ0v) is 17.8. The molecule has 0 unspecified atom stereocenters. The molecule has 4 rings (SSSR count). The van der Waals surface area contributed by atoms with Crippen LogP contribution in [-0.2, 0) is 4.79 Å². The lowest BCUT2D eigenvalue weighted by molar-refractivity contribution is -0.385. The van der Waals surface area contributed by atoms with Gasteiger partial charge >= 0.3 is 6.03 Å². The van der Waals surface area contributed by atoms with Crippen LogP contribution in [0.1, 0.15) is 5.56 Å². The van der Waals surface area contributed by atoms with Crippen molar-refractivity contribution in [2.24, 2.45) is 0 Å². The first-order valence-corrected chi connectivity index (χ1v) is 9.82. The molecule has 3 aromatic rings. The average Bonchev–Trinajstić information content (AvgIpc) is 3.07. The standard InChI is InChI=1S/C22H15ClN4O6/c1-32-19-10-13(5-7-18(19)33-20-8-6-16(12-24-20)27(30)31)9-17-21(28)26(22(29)25-17)15-4-2-3-14(23)11-15/h2-12H,1H3,(H,25,29). The molecule has 11 heteroatoms. The molecule has 1 aromatic heterocycles. The van der Waals surface area contributed by atoms with Crippen molar-refractivity contribution in [2.45, 2.75) is 0 Å². The summed E-state index contributed by atoms with van der Waals surface area (Å²) in [6, 6.07) is 13.3. The van der Waals surface area contributed by atoms with Crippen molar-refractivity contribution in [3.05, 3.63) is 87.2 Å². The van der Waals surface area contributed by atoms with Crippen LogP contribution in [0.2, 0.25) is 5.02 Å². The molecule has 0 saturated carbocycles. The third-order valence-corrected chi connectivity index (χ3v) is 4.82. The molecule has 0 bridgehead atoms. The van der Waals surface area contributed by atoms with Gasteiger partial charge in [0.2, 0.25) is 5.88 Å². The van der Waals surface area contributed by atoms with Gasteiger partial charge in [0.05, 0.1) is 17.7 Å². The van der Waals surface area contributed by atoms with Crippen LogP contribution in [0.15, 0.2) is 66.5 Å². The van der Waals surface area contributed by atoms with Gasteiger partial charge < -0.3 is 14.8 Å². The van der Waals surface area contributed by atoms with E-state index in [1.54, 1.807) is 36.4 Å². The van der Waals surface area contributed by atoms with Gasteiger partial charge in [0.25, 0.3) is 11.6 Å². The van der Waals surface area contributed by atoms with E-state index in [-0.39, 0.29) is 17.3 Å². The van der Waals surface area contributed by atoms with Gasteiger partial charge in [0, 0.05) is 17.2 Å². The number of hydrogen-bond acceptors (Lipinski definition) is 7. The lowest BCUT2D eigenvalue weighted by atomic mass is 10.1. The number of rotatable bonds is 6. The quantitative estimate of drug-likeness (QED) is 0.245. The fourth-order valence-electron chi connectivity index (χ4n) is 3.06. The number of aromatic nitrogens is 1. The summed E-state index contributed by atoms with van der Waals surface area (Å²) in [5, 5.41) is 13.7. The van der Waals surface area contributed by atoms with Crippen LogP contribution in [0.4, 0.5) is 16.2 Å². The molecule has 0 spiro atoms. The predicted molar refractivity (Wildman–Crippen MR) is 119 cm³/mol. The van der Waals surface area contributed by atoms with Gasteiger partial charge in [-0.05, 0) is 42.0 Å². The zero-order chi connectivity index (χ0) is 23.5. The maximum atomic E-state index is 12.8. The number of methoxy groups -OCH3 is 1. The predicted octanol–water partition coefficient (Wildman–Crippen LogP) is 4.54. The minimum absolute atomic E-state index is 0.0766. The Bertz CT molecular complexity index is 1290. The molecule has 2 heterocycles. The summed E-state index contributed by atoms with van der Waals surface area (Å²) in [4.78, 5) is 40.2. The first kappa shape index (κ1) is 21.8. The number of nitro groups is 1. The highest BCUT2D eigenvalue weighted by Crippen LogP contribution is 2.33. The molecule has 33 heavy (non-hydrogen) atoms. The summed E-state index contributed by atoms with van der Waals surface area (Å²) >= 11 is 5.97. The van der Waals surface area contributed by atoms with E-state index in [4.69, 9.17) is 21.1 Å². The Morgan fingerprint density at radius 2 is 1.94 bits per heavy atom. The molecule has 0 aliphatic carbocycles. The topological polar surface area (TPSA) is 124 Å². The van der Waals surface area contributed by atoms with E-state index < -0.39 is 16.9 Å². The van der Waals surface area contributed by atoms with Crippen LogP contribution in [0, 0.1) is 10.1 Å². The molecule has 1 aliphatic heterocycles. The third kappa shape index (κ3) is 4.60. The second-order valence-corrected chi connectivity index (χ2v) is 7.17. The minimum Gasteiger partial charge on any atom is -0.493 e. The maximum absolute atomic E-state index is 12.8. The van der Waals surface area contributed by atoms with E-state index in [1.807, 2.05) is 0 Å². The highest BCUT2D eigenvalue weighted by molar-refractivity contribution is 6.32. The summed E-state index contributed by atoms with van der Waals surface area (Å²) in [6.07, 6.45) is 2.59. The van der Waals surface area contributed by atoms with Gasteiger partial charge in [-0.1, -0.05) is 23.7 Å². The number of urea groups is 1. The lowest BCUT2D eigenvalue weighted by Gasteiger charge is -2.12. The zero-order valence-electron chi connectivity index (χ0n) is 17.0. The van der Waals surface area contributed by atoms with Crippen LogP contribution in [0.5, 0.6) is 17.4 Å². The first-order valence-electron chi connectivity index (χ1n) is 9.45. The van der Waals surface area contributed by atoms with Crippen molar-refractivity contribution in [3.63, 3.8) is 0 Å². The van der Waals surface area contributed by atoms with Crippen molar-refractivity contribution in [3.8, 4) is 17.4 Å². The maximum Gasteiger partial charge on any atom is 0.333 e. The average molecular weight is 467 g/mol. The van der Waals surface area contributed by atoms with E-state index in [2.05, 4.69) is 10.3 Å². The Labute approximate surface area is 192 Å². The van der Waals surface area contributed by atoms with Gasteiger partial charge in [0.1, 0.15) is 11.9 Å². The van der Waals surface area contributed by atoms with E-state index in [0.29, 0.717) is 27.8 Å². The number of nitrogens with one attached hydrogen (secondary N) is 1. The molecule has 1 aliphatic rings. The second-order valence-electron chi connectivity index (χ2n) is 6.73. The number of imide groups is 1. The molecule has 166 valence electrons. The number of carbonyl (C=O) groups is 2. The summed E-state index contributed by atoms with van der Waals surface area (Å²) in [7, 11) is 1.44. The van der Waals surface area contributed by atoms with Crippen molar-refractivity contribution in [1.29, 1.82) is 0 Å². The minimum atomic E-state index is -0.593. The number of hydrogen-bond donors (Lipinski definition) is 1. The summed E-state index contributed by atoms with van der Waals surface area (Å²) in [5.74, 6) is 0.244. The van der Waals surface area contributed by atoms with Gasteiger partial charge in [-0.15, -0.1) is 0 Å². The van der Waals surface area contributed by atoms with Crippen LogP contribution >= 0.6 is 11.6 Å². The molecule has 3 amide bonds. The van der Waals surface area contributed by atoms with Crippen molar-refractivity contribution >= 4 is 41.0 Å². The Hall–Kier alpha value is -4.44. The molecule has 2 aromatic carbocycles. The monoisotopic (exact) mass is 466 g/mol. The lowest BCUT2D eigenvalue weighted by Crippen LogP contribution is -2.30. The smallest absolute Gasteiger partial charge is 0.333 e. The molecule has 1 fully saturated rings. The summed E-state index contributed by atoms with van der Waals surface area (Å²) in [6.45, 7) is 0. The second kappa shape index (κ2) is 8.97. The van der Waals surface area contributed by atoms with E-state index in [1.165, 1.54) is 31.4 Å². The van der Waals surface area contributed by atoms with Crippen molar-refractivity contribution in [2.75, 3.05) is 12.0 Å². The highest BCUT2D eigenvalue weighted by atomic mass is 35.5. The van der Waals surface area contributed by atoms with Crippen molar-refractivity contribution in [1.82, 2.24) is 10.3 Å². The Kier molecular flexibility index (Phi) is 5.92. The molecule has 10 nitrogen and oxygen atoms in total. The summed E-state index contributed by atoms with van der Waals surface area (Å²) in [5.41, 5.74) is 0.830. The molecule has 0 atom stereocenters. The van der Waals surface area contributed by atoms with Crippen LogP contribution in [-0.4, -0.2) is 29.0 Å². The Balaban J connectivity index is 1.57. The highest BCUT2D eigenvalue weighted by Gasteiger charge is 2.35. The van der Waals surface area contributed by atoms with Gasteiger partial charge in [-0.2, -0.15) is 0 Å². The number of nitrogens with zero attached hydrogens (tertiary/aromatic N) is 3. The molecule has 1 N–H and O–H groups in total. The molecule has 1 saturated heterocycles. The summed E-state index contributed by atoms with van der Waals surface area (Å²) < 4.78 is 11.0. The number of carbonyl (C=O) groups excluding carboxylic acids is 2. The van der Waals surface area contributed by atoms with Gasteiger partial charge in [-0.3, -0.25) is 14.9 Å². The van der Waals surface area contributed by atoms with E-state index in [9.17, 15) is 19.7 Å². The number of amides is 3. The number of ether oxygens (including phenoxy) is 2. The third-order valence-electron chi connectivity index (χ3n) is 4.59. The largest absolute Gasteiger partial charge is 0.493 e.